The second kappa shape index (κ2) is 11.4. The Bertz CT molecular complexity index is 336. The van der Waals surface area contributed by atoms with Gasteiger partial charge in [-0.05, 0) is 31.1 Å². The van der Waals surface area contributed by atoms with Crippen molar-refractivity contribution in [2.24, 2.45) is 11.8 Å². The first-order valence-electron chi connectivity index (χ1n) is 8.51. The van der Waals surface area contributed by atoms with E-state index in [9.17, 15) is 8.42 Å². The summed E-state index contributed by atoms with van der Waals surface area (Å²) in [6.07, 6.45) is 8.72. The molecule has 0 aliphatic carbocycles. The van der Waals surface area contributed by atoms with Gasteiger partial charge < -0.3 is 0 Å². The summed E-state index contributed by atoms with van der Waals surface area (Å²) in [6.45, 7) is 8.58. The van der Waals surface area contributed by atoms with Gasteiger partial charge in [-0.3, -0.25) is 4.55 Å². The molecule has 0 aromatic carbocycles. The Kier molecular flexibility index (Phi) is 11.4. The van der Waals surface area contributed by atoms with Gasteiger partial charge in [0.25, 0.3) is 0 Å². The second-order valence-electron chi connectivity index (χ2n) is 6.06. The van der Waals surface area contributed by atoms with Gasteiger partial charge in [0.15, 0.2) is 0 Å². The van der Waals surface area contributed by atoms with Crippen LogP contribution in [-0.4, -0.2) is 19.1 Å². The van der Waals surface area contributed by atoms with Crippen molar-refractivity contribution in [3.8, 4) is 0 Å². The topological polar surface area (TPSA) is 63.6 Å². The van der Waals surface area contributed by atoms with Crippen molar-refractivity contribution in [3.63, 3.8) is 0 Å². The molecule has 0 bridgehead atoms. The first-order chi connectivity index (χ1) is 9.86. The van der Waals surface area contributed by atoms with Crippen LogP contribution in [0.25, 0.3) is 0 Å². The summed E-state index contributed by atoms with van der Waals surface area (Å²) in [5.74, 6) is 1.08. The fraction of sp³-hybridized carbons (Fsp3) is 1.00. The van der Waals surface area contributed by atoms with Crippen molar-refractivity contribution in [2.75, 3.05) is 0 Å². The lowest BCUT2D eigenvalue weighted by atomic mass is 9.89. The normalized spacial score (nSPS) is 15.3. The maximum absolute atomic E-state index is 11.0. The van der Waals surface area contributed by atoms with Crippen LogP contribution >= 0.6 is 0 Å². The largest absolute Gasteiger partial charge is 0.397 e. The van der Waals surface area contributed by atoms with Crippen molar-refractivity contribution in [1.29, 1.82) is 0 Å². The molecule has 2 atom stereocenters. The van der Waals surface area contributed by atoms with Gasteiger partial charge in [0.1, 0.15) is 0 Å². The Labute approximate surface area is 131 Å². The first-order valence-corrected chi connectivity index (χ1v) is 9.88. The van der Waals surface area contributed by atoms with Gasteiger partial charge >= 0.3 is 10.4 Å². The van der Waals surface area contributed by atoms with Gasteiger partial charge in [0.05, 0.1) is 6.10 Å². The van der Waals surface area contributed by atoms with Crippen LogP contribution in [0.3, 0.4) is 0 Å². The smallest absolute Gasteiger partial charge is 0.264 e. The monoisotopic (exact) mass is 322 g/mol. The van der Waals surface area contributed by atoms with Gasteiger partial charge in [-0.15, -0.1) is 0 Å². The lowest BCUT2D eigenvalue weighted by molar-refractivity contribution is 0.133. The highest BCUT2D eigenvalue weighted by Crippen LogP contribution is 2.25. The van der Waals surface area contributed by atoms with Crippen LogP contribution in [0.1, 0.15) is 85.5 Å². The van der Waals surface area contributed by atoms with Crippen LogP contribution in [0.2, 0.25) is 0 Å². The molecule has 0 aliphatic heterocycles. The predicted molar refractivity (Wildman–Crippen MR) is 87.7 cm³/mol. The van der Waals surface area contributed by atoms with Crippen LogP contribution in [0.5, 0.6) is 0 Å². The van der Waals surface area contributed by atoms with E-state index in [1.165, 1.54) is 19.3 Å². The van der Waals surface area contributed by atoms with E-state index in [4.69, 9.17) is 8.74 Å². The van der Waals surface area contributed by atoms with E-state index in [2.05, 4.69) is 27.7 Å². The van der Waals surface area contributed by atoms with Crippen molar-refractivity contribution in [3.05, 3.63) is 0 Å². The molecule has 0 saturated carbocycles. The van der Waals surface area contributed by atoms with Gasteiger partial charge in [-0.25, -0.2) is 4.18 Å². The Morgan fingerprint density at radius 2 is 1.48 bits per heavy atom. The molecule has 128 valence electrons. The summed E-state index contributed by atoms with van der Waals surface area (Å²) < 4.78 is 35.9. The van der Waals surface area contributed by atoms with Gasteiger partial charge in [0, 0.05) is 0 Å². The molecule has 0 saturated heterocycles. The third-order valence-corrected chi connectivity index (χ3v) is 4.96. The van der Waals surface area contributed by atoms with E-state index in [1.807, 2.05) is 0 Å². The van der Waals surface area contributed by atoms with E-state index in [1.54, 1.807) is 0 Å². The summed E-state index contributed by atoms with van der Waals surface area (Å²) in [6, 6.07) is 0. The van der Waals surface area contributed by atoms with Gasteiger partial charge in [0.2, 0.25) is 0 Å². The molecular weight excluding hydrogens is 288 g/mol. The zero-order valence-corrected chi connectivity index (χ0v) is 15.0. The third-order valence-electron chi connectivity index (χ3n) is 4.45. The molecule has 0 amide bonds. The first kappa shape index (κ1) is 20.9. The van der Waals surface area contributed by atoms with E-state index >= 15 is 0 Å². The van der Waals surface area contributed by atoms with E-state index in [0.29, 0.717) is 24.7 Å². The van der Waals surface area contributed by atoms with E-state index < -0.39 is 10.4 Å². The predicted octanol–water partition coefficient (Wildman–Crippen LogP) is 5.00. The molecule has 0 heterocycles. The lowest BCUT2D eigenvalue weighted by Crippen LogP contribution is -2.22. The van der Waals surface area contributed by atoms with Crippen molar-refractivity contribution in [1.82, 2.24) is 0 Å². The van der Waals surface area contributed by atoms with Crippen LogP contribution in [0.4, 0.5) is 0 Å². The molecule has 0 spiro atoms. The molecule has 1 N–H and O–H groups in total. The molecule has 0 aliphatic rings. The number of hydrogen-bond acceptors (Lipinski definition) is 3. The number of rotatable bonds is 13. The van der Waals surface area contributed by atoms with Crippen molar-refractivity contribution in [2.45, 2.75) is 91.6 Å². The summed E-state index contributed by atoms with van der Waals surface area (Å²) in [5, 5.41) is 0. The summed E-state index contributed by atoms with van der Waals surface area (Å²) in [5.41, 5.74) is 0. The zero-order chi connectivity index (χ0) is 16.3. The third kappa shape index (κ3) is 11.1. The number of hydrogen-bond donors (Lipinski definition) is 1. The molecule has 0 fully saturated rings. The molecule has 0 rings (SSSR count). The Morgan fingerprint density at radius 1 is 0.905 bits per heavy atom. The zero-order valence-electron chi connectivity index (χ0n) is 14.2. The lowest BCUT2D eigenvalue weighted by Gasteiger charge is -2.23. The fourth-order valence-corrected chi connectivity index (χ4v) is 3.36. The van der Waals surface area contributed by atoms with E-state index in [-0.39, 0.29) is 6.10 Å². The maximum Gasteiger partial charge on any atom is 0.397 e. The molecule has 5 heteroatoms. The summed E-state index contributed by atoms with van der Waals surface area (Å²) >= 11 is 0. The molecule has 2 unspecified atom stereocenters. The van der Waals surface area contributed by atoms with Crippen molar-refractivity contribution < 1.29 is 17.2 Å². The minimum Gasteiger partial charge on any atom is -0.264 e. The average Bonchev–Trinajstić information content (AvgIpc) is 2.42. The van der Waals surface area contributed by atoms with E-state index in [0.717, 1.165) is 25.7 Å². The molecule has 0 aromatic rings. The Balaban J connectivity index is 4.50. The average molecular weight is 323 g/mol. The summed E-state index contributed by atoms with van der Waals surface area (Å²) in [7, 11) is -4.36. The van der Waals surface area contributed by atoms with Gasteiger partial charge in [-0.1, -0.05) is 66.2 Å². The molecular formula is C16H34O4S. The molecule has 4 nitrogen and oxygen atoms in total. The fourth-order valence-electron chi connectivity index (χ4n) is 2.84. The molecule has 0 radical (unpaired) electrons. The second-order valence-corrected chi connectivity index (χ2v) is 7.11. The van der Waals surface area contributed by atoms with Crippen LogP contribution < -0.4 is 0 Å². The Morgan fingerprint density at radius 3 is 1.90 bits per heavy atom. The van der Waals surface area contributed by atoms with Crippen LogP contribution in [0.15, 0.2) is 0 Å². The highest BCUT2D eigenvalue weighted by atomic mass is 32.3. The van der Waals surface area contributed by atoms with Crippen molar-refractivity contribution >= 4 is 10.4 Å². The molecule has 21 heavy (non-hydrogen) atoms. The quantitative estimate of drug-likeness (QED) is 0.485. The Hall–Kier alpha value is -0.130. The standard InChI is InChI=1S/C16H34O4S/c1-5-9-10-15(8-4)11-12-16(20-21(17,18)19)13-14(6-2)7-3/h14-16H,5-13H2,1-4H3,(H,17,18,19). The summed E-state index contributed by atoms with van der Waals surface area (Å²) in [4.78, 5) is 0. The maximum atomic E-state index is 11.0. The highest BCUT2D eigenvalue weighted by molar-refractivity contribution is 7.80. The van der Waals surface area contributed by atoms with Crippen LogP contribution in [-0.2, 0) is 14.6 Å². The minimum absolute atomic E-state index is 0.388. The highest BCUT2D eigenvalue weighted by Gasteiger charge is 2.21. The van der Waals surface area contributed by atoms with Crippen LogP contribution in [0, 0.1) is 11.8 Å². The number of unbranched alkanes of at least 4 members (excludes halogenated alkanes) is 1. The molecule has 0 aromatic heterocycles. The SMILES string of the molecule is CCCCC(CC)CCC(CC(CC)CC)OS(=O)(=O)O. The minimum atomic E-state index is -4.36. The van der Waals surface area contributed by atoms with Gasteiger partial charge in [-0.2, -0.15) is 8.42 Å².